The van der Waals surface area contributed by atoms with Gasteiger partial charge < -0.3 is 15.0 Å². The van der Waals surface area contributed by atoms with Crippen molar-refractivity contribution in [3.05, 3.63) is 75.3 Å². The lowest BCUT2D eigenvalue weighted by molar-refractivity contribution is -0.384. The number of nitro groups is 1. The zero-order valence-corrected chi connectivity index (χ0v) is 18.7. The molecule has 9 nitrogen and oxygen atoms in total. The summed E-state index contributed by atoms with van der Waals surface area (Å²) in [5, 5.41) is 22.9. The summed E-state index contributed by atoms with van der Waals surface area (Å²) >= 11 is 6.10. The van der Waals surface area contributed by atoms with Crippen molar-refractivity contribution in [2.75, 3.05) is 25.1 Å². The third-order valence-electron chi connectivity index (χ3n) is 5.52. The van der Waals surface area contributed by atoms with Crippen LogP contribution >= 0.6 is 11.6 Å². The number of carbonyl (C=O) groups excluding carboxylic acids is 1. The average Bonchev–Trinajstić information content (AvgIpc) is 2.84. The van der Waals surface area contributed by atoms with Gasteiger partial charge in [0.25, 0.3) is 11.6 Å². The molecule has 0 radical (unpaired) electrons. The highest BCUT2D eigenvalue weighted by Crippen LogP contribution is 2.29. The summed E-state index contributed by atoms with van der Waals surface area (Å²) in [6.07, 6.45) is 1.63. The van der Waals surface area contributed by atoms with E-state index >= 15 is 0 Å². The molecule has 10 heteroatoms. The smallest absolute Gasteiger partial charge is 0.270 e. The predicted octanol–water partition coefficient (Wildman–Crippen LogP) is 4.11. The molecule has 1 fully saturated rings. The number of ether oxygens (including phenoxy) is 1. The van der Waals surface area contributed by atoms with Crippen LogP contribution in [-0.4, -0.2) is 47.3 Å². The maximum absolute atomic E-state index is 12.7. The lowest BCUT2D eigenvalue weighted by atomic mass is 10.0. The number of methoxy groups -OCH3 is 1. The van der Waals surface area contributed by atoms with E-state index in [0.29, 0.717) is 18.1 Å². The topological polar surface area (TPSA) is 110 Å². The molecular weight excluding hydrogens is 446 g/mol. The van der Waals surface area contributed by atoms with Gasteiger partial charge in [-0.25, -0.2) is 0 Å². The van der Waals surface area contributed by atoms with E-state index in [0.717, 1.165) is 30.7 Å². The molecule has 1 atom stereocenters. The molecule has 4 rings (SSSR count). The SMILES string of the molecule is COc1ccccc1-c1ccc(N2CCCC(NC(=O)c3cc([N+](=O)[O-])ccc3Cl)C2)nn1. The number of anilines is 1. The molecule has 1 aliphatic heterocycles. The van der Waals surface area contributed by atoms with Gasteiger partial charge in [-0.3, -0.25) is 14.9 Å². The molecule has 1 aromatic heterocycles. The van der Waals surface area contributed by atoms with E-state index in [1.54, 1.807) is 7.11 Å². The van der Waals surface area contributed by atoms with Crippen molar-refractivity contribution < 1.29 is 14.5 Å². The summed E-state index contributed by atoms with van der Waals surface area (Å²) in [7, 11) is 1.61. The molecule has 2 aromatic carbocycles. The van der Waals surface area contributed by atoms with Crippen LogP contribution in [0.1, 0.15) is 23.2 Å². The summed E-state index contributed by atoms with van der Waals surface area (Å²) in [6, 6.07) is 15.1. The Hall–Kier alpha value is -3.72. The Morgan fingerprint density at radius 3 is 2.76 bits per heavy atom. The van der Waals surface area contributed by atoms with E-state index in [-0.39, 0.29) is 22.3 Å². The molecule has 1 amide bonds. The fraction of sp³-hybridized carbons (Fsp3) is 0.261. The Kier molecular flexibility index (Phi) is 6.69. The number of hydrogen-bond donors (Lipinski definition) is 1. The third kappa shape index (κ3) is 5.04. The maximum Gasteiger partial charge on any atom is 0.270 e. The number of hydrogen-bond acceptors (Lipinski definition) is 7. The van der Waals surface area contributed by atoms with Crippen molar-refractivity contribution in [1.29, 1.82) is 0 Å². The second kappa shape index (κ2) is 9.83. The quantitative estimate of drug-likeness (QED) is 0.429. The number of non-ortho nitro benzene ring substituents is 1. The standard InChI is InChI=1S/C23H22ClN5O4/c1-33-21-7-3-2-6-17(21)20-10-11-22(27-26-20)28-12-4-5-15(14-28)25-23(30)18-13-16(29(31)32)8-9-19(18)24/h2-3,6-11,13,15H,4-5,12,14H2,1H3,(H,25,30). The van der Waals surface area contributed by atoms with E-state index < -0.39 is 10.8 Å². The van der Waals surface area contributed by atoms with Gasteiger partial charge in [0.2, 0.25) is 0 Å². The summed E-state index contributed by atoms with van der Waals surface area (Å²) < 4.78 is 5.40. The van der Waals surface area contributed by atoms with Crippen LogP contribution in [0.25, 0.3) is 11.3 Å². The van der Waals surface area contributed by atoms with Crippen molar-refractivity contribution >= 4 is 29.0 Å². The Morgan fingerprint density at radius 1 is 1.21 bits per heavy atom. The number of carbonyl (C=O) groups is 1. The summed E-state index contributed by atoms with van der Waals surface area (Å²) in [4.78, 5) is 25.3. The molecule has 1 unspecified atom stereocenters. The summed E-state index contributed by atoms with van der Waals surface area (Å²) in [6.45, 7) is 1.33. The first-order chi connectivity index (χ1) is 16.0. The number of rotatable bonds is 6. The normalized spacial score (nSPS) is 15.7. The van der Waals surface area contributed by atoms with Crippen molar-refractivity contribution in [2.45, 2.75) is 18.9 Å². The van der Waals surface area contributed by atoms with E-state index in [1.807, 2.05) is 36.4 Å². The highest BCUT2D eigenvalue weighted by Gasteiger charge is 2.25. The minimum atomic E-state index is -0.553. The van der Waals surface area contributed by atoms with Crippen LogP contribution in [-0.2, 0) is 0 Å². The van der Waals surface area contributed by atoms with Gasteiger partial charge in [-0.15, -0.1) is 10.2 Å². The van der Waals surface area contributed by atoms with Crippen LogP contribution in [0, 0.1) is 10.1 Å². The van der Waals surface area contributed by atoms with Gasteiger partial charge in [0.05, 0.1) is 28.3 Å². The molecule has 1 N–H and O–H groups in total. The molecule has 2 heterocycles. The van der Waals surface area contributed by atoms with Crippen LogP contribution in [0.3, 0.4) is 0 Å². The number of para-hydroxylation sites is 1. The number of halogens is 1. The minimum absolute atomic E-state index is 0.0870. The fourth-order valence-corrected chi connectivity index (χ4v) is 4.06. The van der Waals surface area contributed by atoms with E-state index in [1.165, 1.54) is 18.2 Å². The minimum Gasteiger partial charge on any atom is -0.496 e. The zero-order chi connectivity index (χ0) is 23.4. The van der Waals surface area contributed by atoms with Gasteiger partial charge >= 0.3 is 0 Å². The van der Waals surface area contributed by atoms with Crippen LogP contribution in [0.15, 0.2) is 54.6 Å². The van der Waals surface area contributed by atoms with Crippen LogP contribution in [0.5, 0.6) is 5.75 Å². The van der Waals surface area contributed by atoms with Crippen LogP contribution in [0.4, 0.5) is 11.5 Å². The summed E-state index contributed by atoms with van der Waals surface area (Å²) in [5.41, 5.74) is 1.47. The molecule has 1 aliphatic rings. The fourth-order valence-electron chi connectivity index (χ4n) is 3.86. The van der Waals surface area contributed by atoms with Gasteiger partial charge in [-0.05, 0) is 43.2 Å². The number of piperidine rings is 1. The summed E-state index contributed by atoms with van der Waals surface area (Å²) in [5.74, 6) is 0.995. The van der Waals surface area contributed by atoms with Crippen molar-refractivity contribution in [1.82, 2.24) is 15.5 Å². The third-order valence-corrected chi connectivity index (χ3v) is 5.85. The lowest BCUT2D eigenvalue weighted by Gasteiger charge is -2.33. The number of benzene rings is 2. The van der Waals surface area contributed by atoms with E-state index in [9.17, 15) is 14.9 Å². The second-order valence-electron chi connectivity index (χ2n) is 7.66. The molecule has 0 spiro atoms. The molecule has 170 valence electrons. The van der Waals surface area contributed by atoms with Gasteiger partial charge in [0, 0.05) is 36.8 Å². The van der Waals surface area contributed by atoms with E-state index in [4.69, 9.17) is 16.3 Å². The van der Waals surface area contributed by atoms with Gasteiger partial charge in [-0.2, -0.15) is 0 Å². The predicted molar refractivity (Wildman–Crippen MR) is 125 cm³/mol. The van der Waals surface area contributed by atoms with Crippen molar-refractivity contribution in [2.24, 2.45) is 0 Å². The zero-order valence-electron chi connectivity index (χ0n) is 17.9. The Balaban J connectivity index is 1.45. The number of nitro benzene ring substituents is 1. The van der Waals surface area contributed by atoms with Crippen molar-refractivity contribution in [3.8, 4) is 17.0 Å². The maximum atomic E-state index is 12.7. The first-order valence-electron chi connectivity index (χ1n) is 10.4. The Labute approximate surface area is 195 Å². The molecule has 1 saturated heterocycles. The molecule has 33 heavy (non-hydrogen) atoms. The second-order valence-corrected chi connectivity index (χ2v) is 8.06. The first-order valence-corrected chi connectivity index (χ1v) is 10.8. The number of amides is 1. The lowest BCUT2D eigenvalue weighted by Crippen LogP contribution is -2.48. The first kappa shape index (κ1) is 22.5. The molecule has 0 aliphatic carbocycles. The Morgan fingerprint density at radius 2 is 2.03 bits per heavy atom. The molecule has 3 aromatic rings. The molecule has 0 bridgehead atoms. The molecular formula is C23H22ClN5O4. The Bertz CT molecular complexity index is 1170. The largest absolute Gasteiger partial charge is 0.496 e. The van der Waals surface area contributed by atoms with Gasteiger partial charge in [0.1, 0.15) is 5.75 Å². The van der Waals surface area contributed by atoms with Crippen molar-refractivity contribution in [3.63, 3.8) is 0 Å². The van der Waals surface area contributed by atoms with E-state index in [2.05, 4.69) is 20.4 Å². The number of nitrogens with zero attached hydrogens (tertiary/aromatic N) is 4. The number of nitrogens with one attached hydrogen (secondary N) is 1. The van der Waals surface area contributed by atoms with Crippen LogP contribution < -0.4 is 15.0 Å². The highest BCUT2D eigenvalue weighted by molar-refractivity contribution is 6.34. The monoisotopic (exact) mass is 467 g/mol. The number of aromatic nitrogens is 2. The van der Waals surface area contributed by atoms with Gasteiger partial charge in [0.15, 0.2) is 5.82 Å². The van der Waals surface area contributed by atoms with Gasteiger partial charge in [-0.1, -0.05) is 23.7 Å². The van der Waals surface area contributed by atoms with Crippen LogP contribution in [0.2, 0.25) is 5.02 Å². The molecule has 0 saturated carbocycles. The average molecular weight is 468 g/mol. The highest BCUT2D eigenvalue weighted by atomic mass is 35.5.